The van der Waals surface area contributed by atoms with E-state index in [9.17, 15) is 5.11 Å². The van der Waals surface area contributed by atoms with Gasteiger partial charge in [0.1, 0.15) is 0 Å². The van der Waals surface area contributed by atoms with Crippen LogP contribution in [0.2, 0.25) is 0 Å². The average Bonchev–Trinajstić information content (AvgIpc) is 2.54. The second kappa shape index (κ2) is 3.33. The monoisotopic (exact) mass is 210 g/mol. The minimum absolute atomic E-state index is 0.215. The molecule has 2 saturated carbocycles. The van der Waals surface area contributed by atoms with Crippen LogP contribution in [-0.4, -0.2) is 17.0 Å². The van der Waals surface area contributed by atoms with E-state index in [2.05, 4.69) is 20.4 Å². The molecule has 2 bridgehead atoms. The number of hydrogen-bond donors (Lipinski definition) is 1. The summed E-state index contributed by atoms with van der Waals surface area (Å²) in [5.74, 6) is 0.215. The minimum Gasteiger partial charge on any atom is -0.362 e. The van der Waals surface area contributed by atoms with E-state index in [1.165, 1.54) is 18.9 Å². The van der Waals surface area contributed by atoms with Gasteiger partial charge in [0.05, 0.1) is 6.10 Å². The highest BCUT2D eigenvalue weighted by molar-refractivity contribution is 5.04. The second-order valence-corrected chi connectivity index (χ2v) is 5.85. The first kappa shape index (κ1) is 11.2. The number of fused-ring (bicyclic) bond motifs is 2. The van der Waals surface area contributed by atoms with Gasteiger partial charge in [-0.3, -0.25) is 0 Å². The van der Waals surface area contributed by atoms with Crippen molar-refractivity contribution < 1.29 is 9.84 Å². The Morgan fingerprint density at radius 2 is 2.13 bits per heavy atom. The molecule has 15 heavy (non-hydrogen) atoms. The van der Waals surface area contributed by atoms with Crippen LogP contribution in [0.1, 0.15) is 40.0 Å². The lowest BCUT2D eigenvalue weighted by Crippen LogP contribution is -2.35. The van der Waals surface area contributed by atoms with Crippen LogP contribution < -0.4 is 0 Å². The van der Waals surface area contributed by atoms with Crippen molar-refractivity contribution in [3.8, 4) is 0 Å². The Morgan fingerprint density at radius 3 is 2.53 bits per heavy atom. The molecular formula is C13H22O2. The zero-order valence-corrected chi connectivity index (χ0v) is 9.99. The van der Waals surface area contributed by atoms with Crippen molar-refractivity contribution in [1.29, 1.82) is 0 Å². The SMILES string of the molecule is C=CC(C)(O)OC1CC2CC[C@H]1C2(C)C. The van der Waals surface area contributed by atoms with Crippen molar-refractivity contribution in [2.75, 3.05) is 0 Å². The lowest BCUT2D eigenvalue weighted by atomic mass is 9.82. The Morgan fingerprint density at radius 1 is 1.47 bits per heavy atom. The normalized spacial score (nSPS) is 41.5. The predicted molar refractivity (Wildman–Crippen MR) is 60.3 cm³/mol. The number of ether oxygens (including phenoxy) is 1. The number of aliphatic hydroxyl groups is 1. The molecule has 2 nitrogen and oxygen atoms in total. The van der Waals surface area contributed by atoms with Crippen LogP contribution in [0, 0.1) is 17.3 Å². The highest BCUT2D eigenvalue weighted by Crippen LogP contribution is 2.58. The highest BCUT2D eigenvalue weighted by Gasteiger charge is 2.54. The molecule has 0 aliphatic heterocycles. The van der Waals surface area contributed by atoms with Crippen LogP contribution in [-0.2, 0) is 4.74 Å². The summed E-state index contributed by atoms with van der Waals surface area (Å²) in [6.07, 6.45) is 5.36. The third-order valence-electron chi connectivity index (χ3n) is 4.57. The van der Waals surface area contributed by atoms with Gasteiger partial charge in [-0.15, -0.1) is 0 Å². The summed E-state index contributed by atoms with van der Waals surface area (Å²) in [4.78, 5) is 0. The van der Waals surface area contributed by atoms with Gasteiger partial charge in [0.2, 0.25) is 0 Å². The molecule has 2 aliphatic carbocycles. The Balaban J connectivity index is 2.06. The zero-order chi connectivity index (χ0) is 11.3. The highest BCUT2D eigenvalue weighted by atomic mass is 16.6. The fourth-order valence-corrected chi connectivity index (χ4v) is 3.44. The maximum Gasteiger partial charge on any atom is 0.182 e. The molecule has 2 aliphatic rings. The third kappa shape index (κ3) is 1.74. The summed E-state index contributed by atoms with van der Waals surface area (Å²) in [5, 5.41) is 9.84. The van der Waals surface area contributed by atoms with Crippen molar-refractivity contribution in [3.05, 3.63) is 12.7 Å². The summed E-state index contributed by atoms with van der Waals surface area (Å²) in [5.41, 5.74) is 0.391. The molecule has 0 spiro atoms. The Hall–Kier alpha value is -0.340. The van der Waals surface area contributed by atoms with Crippen LogP contribution >= 0.6 is 0 Å². The molecule has 0 radical (unpaired) electrons. The van der Waals surface area contributed by atoms with E-state index in [1.807, 2.05) is 0 Å². The maximum absolute atomic E-state index is 9.84. The van der Waals surface area contributed by atoms with E-state index in [0.29, 0.717) is 11.3 Å². The van der Waals surface area contributed by atoms with Gasteiger partial charge in [-0.1, -0.05) is 20.4 Å². The minimum atomic E-state index is -1.16. The molecule has 2 rings (SSSR count). The first-order valence-corrected chi connectivity index (χ1v) is 5.90. The van der Waals surface area contributed by atoms with Crippen molar-refractivity contribution in [3.63, 3.8) is 0 Å². The Labute approximate surface area is 92.3 Å². The predicted octanol–water partition coefficient (Wildman–Crippen LogP) is 2.72. The number of rotatable bonds is 3. The van der Waals surface area contributed by atoms with Crippen LogP contribution in [0.15, 0.2) is 12.7 Å². The molecule has 0 aromatic heterocycles. The van der Waals surface area contributed by atoms with E-state index >= 15 is 0 Å². The van der Waals surface area contributed by atoms with Gasteiger partial charge < -0.3 is 9.84 Å². The van der Waals surface area contributed by atoms with Crippen molar-refractivity contribution in [1.82, 2.24) is 0 Å². The molecule has 4 atom stereocenters. The molecule has 0 amide bonds. The largest absolute Gasteiger partial charge is 0.362 e. The van der Waals surface area contributed by atoms with Crippen molar-refractivity contribution in [2.24, 2.45) is 17.3 Å². The van der Waals surface area contributed by atoms with E-state index in [-0.39, 0.29) is 6.10 Å². The fourth-order valence-electron chi connectivity index (χ4n) is 3.44. The molecule has 2 fully saturated rings. The summed E-state index contributed by atoms with van der Waals surface area (Å²) in [6, 6.07) is 0. The number of hydrogen-bond acceptors (Lipinski definition) is 2. The third-order valence-corrected chi connectivity index (χ3v) is 4.57. The van der Waals surface area contributed by atoms with Gasteiger partial charge >= 0.3 is 0 Å². The smallest absolute Gasteiger partial charge is 0.182 e. The molecule has 0 heterocycles. The zero-order valence-electron chi connectivity index (χ0n) is 9.99. The van der Waals surface area contributed by atoms with Gasteiger partial charge in [-0.2, -0.15) is 0 Å². The molecule has 3 unspecified atom stereocenters. The van der Waals surface area contributed by atoms with Crippen LogP contribution in [0.4, 0.5) is 0 Å². The molecular weight excluding hydrogens is 188 g/mol. The van der Waals surface area contributed by atoms with Gasteiger partial charge in [0.25, 0.3) is 0 Å². The van der Waals surface area contributed by atoms with E-state index < -0.39 is 5.79 Å². The second-order valence-electron chi connectivity index (χ2n) is 5.85. The Bertz CT molecular complexity index is 268. The molecule has 2 heteroatoms. The van der Waals surface area contributed by atoms with E-state index in [1.54, 1.807) is 6.92 Å². The molecule has 0 saturated heterocycles. The molecule has 1 N–H and O–H groups in total. The Kier molecular flexibility index (Phi) is 2.47. The quantitative estimate of drug-likeness (QED) is 0.573. The average molecular weight is 210 g/mol. The maximum atomic E-state index is 9.84. The summed E-state index contributed by atoms with van der Waals surface area (Å²) >= 11 is 0. The van der Waals surface area contributed by atoms with Crippen molar-refractivity contribution >= 4 is 0 Å². The molecule has 0 aromatic carbocycles. The van der Waals surface area contributed by atoms with Gasteiger partial charge in [0, 0.05) is 0 Å². The topological polar surface area (TPSA) is 29.5 Å². The van der Waals surface area contributed by atoms with Crippen LogP contribution in [0.3, 0.4) is 0 Å². The van der Waals surface area contributed by atoms with E-state index in [0.717, 1.165) is 12.3 Å². The van der Waals surface area contributed by atoms with E-state index in [4.69, 9.17) is 4.74 Å². The summed E-state index contributed by atoms with van der Waals surface area (Å²) < 4.78 is 5.75. The summed E-state index contributed by atoms with van der Waals surface area (Å²) in [6.45, 7) is 9.93. The van der Waals surface area contributed by atoms with Crippen LogP contribution in [0.25, 0.3) is 0 Å². The first-order valence-electron chi connectivity index (χ1n) is 5.90. The standard InChI is InChI=1S/C13H22O2/c1-5-13(4,14)15-11-8-9-6-7-10(11)12(9,2)3/h5,9-11,14H,1,6-8H2,2-4H3/t9?,10-,11?,13?/m1/s1. The molecule has 86 valence electrons. The fraction of sp³-hybridized carbons (Fsp3) is 0.846. The van der Waals surface area contributed by atoms with Gasteiger partial charge in [0.15, 0.2) is 5.79 Å². The lowest BCUT2D eigenvalue weighted by molar-refractivity contribution is -0.197. The van der Waals surface area contributed by atoms with Crippen molar-refractivity contribution in [2.45, 2.75) is 51.9 Å². The van der Waals surface area contributed by atoms with Gasteiger partial charge in [-0.25, -0.2) is 0 Å². The lowest BCUT2D eigenvalue weighted by Gasteiger charge is -2.31. The molecule has 0 aromatic rings. The summed E-state index contributed by atoms with van der Waals surface area (Å²) in [7, 11) is 0. The van der Waals surface area contributed by atoms with Crippen LogP contribution in [0.5, 0.6) is 0 Å². The van der Waals surface area contributed by atoms with Gasteiger partial charge in [-0.05, 0) is 49.5 Å². The first-order chi connectivity index (χ1) is 6.87.